The van der Waals surface area contributed by atoms with Gasteiger partial charge in [-0.05, 0) is 38.6 Å². The maximum atomic E-state index is 10.2. The van der Waals surface area contributed by atoms with Gasteiger partial charge in [-0.1, -0.05) is 12.8 Å². The number of hydrogen-bond acceptors (Lipinski definition) is 3. The van der Waals surface area contributed by atoms with Gasteiger partial charge in [-0.25, -0.2) is 0 Å². The fourth-order valence-electron chi connectivity index (χ4n) is 3.01. The molecule has 16 heavy (non-hydrogen) atoms. The lowest BCUT2D eigenvalue weighted by Crippen LogP contribution is -2.43. The lowest BCUT2D eigenvalue weighted by atomic mass is 9.95. The maximum Gasteiger partial charge on any atom is 0.0647 e. The quantitative estimate of drug-likeness (QED) is 0.695. The molecule has 3 nitrogen and oxygen atoms in total. The number of piperazine rings is 1. The summed E-state index contributed by atoms with van der Waals surface area (Å²) in [5.74, 6) is 0. The molecule has 1 aliphatic heterocycles. The third-order valence-electron chi connectivity index (χ3n) is 4.11. The van der Waals surface area contributed by atoms with Crippen molar-refractivity contribution in [1.82, 2.24) is 10.2 Å². The molecule has 2 N–H and O–H groups in total. The second-order valence-corrected chi connectivity index (χ2v) is 5.48. The van der Waals surface area contributed by atoms with E-state index >= 15 is 0 Å². The molecular weight excluding hydrogens is 200 g/mol. The van der Waals surface area contributed by atoms with Gasteiger partial charge in [0.1, 0.15) is 0 Å². The molecule has 0 spiro atoms. The Morgan fingerprint density at radius 3 is 2.44 bits per heavy atom. The van der Waals surface area contributed by atoms with E-state index in [1.165, 1.54) is 45.3 Å². The van der Waals surface area contributed by atoms with Gasteiger partial charge in [0.25, 0.3) is 0 Å². The predicted octanol–water partition coefficient (Wildman–Crippen LogP) is 1.37. The zero-order chi connectivity index (χ0) is 11.3. The van der Waals surface area contributed by atoms with Crippen LogP contribution < -0.4 is 5.32 Å². The SMILES string of the molecule is OC1(CCCCN2CCNCC2)CCCC1. The van der Waals surface area contributed by atoms with Crippen LogP contribution in [0.1, 0.15) is 44.9 Å². The molecule has 2 fully saturated rings. The van der Waals surface area contributed by atoms with Gasteiger partial charge >= 0.3 is 0 Å². The van der Waals surface area contributed by atoms with Crippen LogP contribution in [0.2, 0.25) is 0 Å². The van der Waals surface area contributed by atoms with E-state index in [4.69, 9.17) is 0 Å². The number of nitrogens with zero attached hydrogens (tertiary/aromatic N) is 1. The van der Waals surface area contributed by atoms with E-state index in [1.54, 1.807) is 0 Å². The molecule has 0 radical (unpaired) electrons. The van der Waals surface area contributed by atoms with E-state index in [0.717, 1.165) is 32.4 Å². The first-order valence-electron chi connectivity index (χ1n) is 6.94. The van der Waals surface area contributed by atoms with E-state index in [0.29, 0.717) is 0 Å². The van der Waals surface area contributed by atoms with Gasteiger partial charge in [-0.15, -0.1) is 0 Å². The monoisotopic (exact) mass is 226 g/mol. The third-order valence-corrected chi connectivity index (χ3v) is 4.11. The van der Waals surface area contributed by atoms with Crippen molar-refractivity contribution in [3.05, 3.63) is 0 Å². The average Bonchev–Trinajstić information content (AvgIpc) is 2.74. The number of rotatable bonds is 5. The van der Waals surface area contributed by atoms with Crippen LogP contribution in [0, 0.1) is 0 Å². The molecule has 0 amide bonds. The molecule has 0 aromatic carbocycles. The van der Waals surface area contributed by atoms with Crippen LogP contribution in [0.25, 0.3) is 0 Å². The van der Waals surface area contributed by atoms with Crippen molar-refractivity contribution in [2.45, 2.75) is 50.5 Å². The Bertz CT molecular complexity index is 196. The Balaban J connectivity index is 1.54. The Morgan fingerprint density at radius 2 is 1.75 bits per heavy atom. The predicted molar refractivity (Wildman–Crippen MR) is 66.6 cm³/mol. The molecule has 1 saturated carbocycles. The summed E-state index contributed by atoms with van der Waals surface area (Å²) in [7, 11) is 0. The molecular formula is C13H26N2O. The van der Waals surface area contributed by atoms with Crippen molar-refractivity contribution in [2.24, 2.45) is 0 Å². The second-order valence-electron chi connectivity index (χ2n) is 5.48. The molecule has 2 rings (SSSR count). The first-order chi connectivity index (χ1) is 7.79. The highest BCUT2D eigenvalue weighted by molar-refractivity contribution is 4.83. The minimum absolute atomic E-state index is 0.288. The Hall–Kier alpha value is -0.120. The molecule has 1 heterocycles. The summed E-state index contributed by atoms with van der Waals surface area (Å²) >= 11 is 0. The molecule has 1 saturated heterocycles. The van der Waals surface area contributed by atoms with Crippen LogP contribution in [0.5, 0.6) is 0 Å². The fraction of sp³-hybridized carbons (Fsp3) is 1.00. The van der Waals surface area contributed by atoms with Crippen molar-refractivity contribution in [2.75, 3.05) is 32.7 Å². The first kappa shape index (κ1) is 12.3. The molecule has 0 unspecified atom stereocenters. The van der Waals surface area contributed by atoms with Crippen LogP contribution in [0.4, 0.5) is 0 Å². The molecule has 0 bridgehead atoms. The Kier molecular flexibility index (Phi) is 4.62. The zero-order valence-electron chi connectivity index (χ0n) is 10.4. The summed E-state index contributed by atoms with van der Waals surface area (Å²) in [6, 6.07) is 0. The number of unbranched alkanes of at least 4 members (excludes halogenated alkanes) is 1. The summed E-state index contributed by atoms with van der Waals surface area (Å²) in [6.45, 7) is 5.90. The van der Waals surface area contributed by atoms with Crippen molar-refractivity contribution >= 4 is 0 Å². The first-order valence-corrected chi connectivity index (χ1v) is 6.94. The molecule has 3 heteroatoms. The second kappa shape index (κ2) is 5.99. The van der Waals surface area contributed by atoms with Gasteiger partial charge in [0.2, 0.25) is 0 Å². The van der Waals surface area contributed by atoms with Gasteiger partial charge in [0.05, 0.1) is 5.60 Å². The molecule has 94 valence electrons. The van der Waals surface area contributed by atoms with E-state index in [2.05, 4.69) is 10.2 Å². The van der Waals surface area contributed by atoms with Crippen LogP contribution in [0.15, 0.2) is 0 Å². The lowest BCUT2D eigenvalue weighted by molar-refractivity contribution is 0.0354. The van der Waals surface area contributed by atoms with Crippen molar-refractivity contribution in [3.8, 4) is 0 Å². The van der Waals surface area contributed by atoms with Gasteiger partial charge in [-0.3, -0.25) is 0 Å². The van der Waals surface area contributed by atoms with Crippen LogP contribution in [-0.2, 0) is 0 Å². The topological polar surface area (TPSA) is 35.5 Å². The minimum Gasteiger partial charge on any atom is -0.390 e. The zero-order valence-corrected chi connectivity index (χ0v) is 10.4. The molecule has 0 atom stereocenters. The summed E-state index contributed by atoms with van der Waals surface area (Å²) in [6.07, 6.45) is 8.02. The minimum atomic E-state index is -0.288. The van der Waals surface area contributed by atoms with Crippen LogP contribution in [-0.4, -0.2) is 48.3 Å². The highest BCUT2D eigenvalue weighted by Gasteiger charge is 2.30. The van der Waals surface area contributed by atoms with Crippen LogP contribution >= 0.6 is 0 Å². The number of aliphatic hydroxyl groups is 1. The molecule has 2 aliphatic rings. The van der Waals surface area contributed by atoms with Gasteiger partial charge in [0, 0.05) is 26.2 Å². The summed E-state index contributed by atoms with van der Waals surface area (Å²) in [5.41, 5.74) is -0.288. The number of nitrogens with one attached hydrogen (secondary N) is 1. The van der Waals surface area contributed by atoms with Crippen molar-refractivity contribution in [3.63, 3.8) is 0 Å². The van der Waals surface area contributed by atoms with E-state index < -0.39 is 0 Å². The van der Waals surface area contributed by atoms with E-state index in [-0.39, 0.29) is 5.60 Å². The average molecular weight is 226 g/mol. The Labute approximate surface area is 99.2 Å². The maximum absolute atomic E-state index is 10.2. The summed E-state index contributed by atoms with van der Waals surface area (Å²) < 4.78 is 0. The summed E-state index contributed by atoms with van der Waals surface area (Å²) in [4.78, 5) is 2.54. The van der Waals surface area contributed by atoms with Crippen LogP contribution in [0.3, 0.4) is 0 Å². The standard InChI is InChI=1S/C13H26N2O/c16-13(5-1-2-6-13)7-3-4-10-15-11-8-14-9-12-15/h14,16H,1-12H2. The summed E-state index contributed by atoms with van der Waals surface area (Å²) in [5, 5.41) is 13.6. The smallest absolute Gasteiger partial charge is 0.0647 e. The van der Waals surface area contributed by atoms with Gasteiger partial charge < -0.3 is 15.3 Å². The fourth-order valence-corrected chi connectivity index (χ4v) is 3.01. The van der Waals surface area contributed by atoms with Crippen molar-refractivity contribution in [1.29, 1.82) is 0 Å². The third kappa shape index (κ3) is 3.72. The van der Waals surface area contributed by atoms with Gasteiger partial charge in [-0.2, -0.15) is 0 Å². The molecule has 1 aliphatic carbocycles. The largest absolute Gasteiger partial charge is 0.390 e. The van der Waals surface area contributed by atoms with Gasteiger partial charge in [0.15, 0.2) is 0 Å². The highest BCUT2D eigenvalue weighted by atomic mass is 16.3. The number of hydrogen-bond donors (Lipinski definition) is 2. The normalized spacial score (nSPS) is 26.1. The molecule has 0 aromatic heterocycles. The highest BCUT2D eigenvalue weighted by Crippen LogP contribution is 2.33. The van der Waals surface area contributed by atoms with E-state index in [1.807, 2.05) is 0 Å². The molecule has 0 aromatic rings. The Morgan fingerprint density at radius 1 is 1.06 bits per heavy atom. The van der Waals surface area contributed by atoms with E-state index in [9.17, 15) is 5.11 Å². The lowest BCUT2D eigenvalue weighted by Gasteiger charge is -2.28. The van der Waals surface area contributed by atoms with Crippen molar-refractivity contribution < 1.29 is 5.11 Å².